The summed E-state index contributed by atoms with van der Waals surface area (Å²) in [4.78, 5) is 12.7. The third-order valence-electron chi connectivity index (χ3n) is 3.86. The van der Waals surface area contributed by atoms with Gasteiger partial charge in [0.25, 0.3) is 0 Å². The Hall–Kier alpha value is -2.80. The Bertz CT molecular complexity index is 822. The standard InChI is InChI=1S/C19H19NO5S/c1-22-13-8-9-15(23-2)14(10-13)17-16(21)18(19(20)24-17)25-26-11-12-6-4-3-5-7-12/h3-10,17H,11,20H2,1-2H3. The van der Waals surface area contributed by atoms with Gasteiger partial charge in [0, 0.05) is 5.56 Å². The number of carbonyl (C=O) groups is 1. The van der Waals surface area contributed by atoms with Crippen molar-refractivity contribution < 1.29 is 23.2 Å². The molecule has 0 aromatic heterocycles. The lowest BCUT2D eigenvalue weighted by atomic mass is 10.0. The predicted octanol–water partition coefficient (Wildman–Crippen LogP) is 3.34. The van der Waals surface area contributed by atoms with Crippen LogP contribution in [0.2, 0.25) is 0 Å². The average Bonchev–Trinajstić information content (AvgIpc) is 2.96. The molecule has 0 spiro atoms. The number of benzene rings is 2. The molecule has 3 rings (SSSR count). The lowest BCUT2D eigenvalue weighted by Gasteiger charge is -2.15. The SMILES string of the molecule is COc1ccc(OC)c(C2OC(N)=C(OSCc3ccccc3)C2=O)c1. The van der Waals surface area contributed by atoms with E-state index in [9.17, 15) is 4.79 Å². The number of rotatable bonds is 7. The molecule has 136 valence electrons. The van der Waals surface area contributed by atoms with E-state index in [0.29, 0.717) is 22.8 Å². The first-order chi connectivity index (χ1) is 12.6. The zero-order valence-electron chi connectivity index (χ0n) is 14.4. The van der Waals surface area contributed by atoms with Crippen LogP contribution in [0.3, 0.4) is 0 Å². The fourth-order valence-electron chi connectivity index (χ4n) is 2.54. The molecule has 1 heterocycles. The fourth-order valence-corrected chi connectivity index (χ4v) is 3.21. The number of hydrogen-bond acceptors (Lipinski definition) is 7. The van der Waals surface area contributed by atoms with Crippen molar-refractivity contribution in [2.75, 3.05) is 14.2 Å². The molecule has 26 heavy (non-hydrogen) atoms. The number of methoxy groups -OCH3 is 2. The third-order valence-corrected chi connectivity index (χ3v) is 4.60. The molecule has 0 saturated carbocycles. The van der Waals surface area contributed by atoms with Gasteiger partial charge in [-0.1, -0.05) is 30.3 Å². The largest absolute Gasteiger partial charge is 0.497 e. The minimum absolute atomic E-state index is 0.0146. The topological polar surface area (TPSA) is 80.0 Å². The van der Waals surface area contributed by atoms with Crippen LogP contribution in [0.5, 0.6) is 11.5 Å². The average molecular weight is 373 g/mol. The van der Waals surface area contributed by atoms with Gasteiger partial charge in [-0.05, 0) is 23.8 Å². The van der Waals surface area contributed by atoms with Crippen molar-refractivity contribution in [1.29, 1.82) is 0 Å². The zero-order chi connectivity index (χ0) is 18.5. The minimum atomic E-state index is -0.924. The van der Waals surface area contributed by atoms with E-state index in [1.165, 1.54) is 7.11 Å². The summed E-state index contributed by atoms with van der Waals surface area (Å²) in [5.41, 5.74) is 7.48. The molecule has 0 aliphatic carbocycles. The summed E-state index contributed by atoms with van der Waals surface area (Å²) in [6.07, 6.45) is -0.924. The second-order valence-electron chi connectivity index (χ2n) is 5.49. The van der Waals surface area contributed by atoms with Gasteiger partial charge in [-0.25, -0.2) is 0 Å². The lowest BCUT2D eigenvalue weighted by Crippen LogP contribution is -2.12. The van der Waals surface area contributed by atoms with Crippen molar-refractivity contribution in [2.45, 2.75) is 11.9 Å². The maximum absolute atomic E-state index is 12.7. The van der Waals surface area contributed by atoms with Gasteiger partial charge in [0.05, 0.1) is 32.0 Å². The van der Waals surface area contributed by atoms with Gasteiger partial charge in [-0.15, -0.1) is 0 Å². The van der Waals surface area contributed by atoms with Crippen molar-refractivity contribution >= 4 is 17.8 Å². The molecule has 2 aromatic rings. The smallest absolute Gasteiger partial charge is 0.249 e. The lowest BCUT2D eigenvalue weighted by molar-refractivity contribution is -0.123. The molecule has 1 atom stereocenters. The first-order valence-electron chi connectivity index (χ1n) is 7.90. The second-order valence-corrected chi connectivity index (χ2v) is 6.19. The summed E-state index contributed by atoms with van der Waals surface area (Å²) in [6.45, 7) is 0. The molecular weight excluding hydrogens is 354 g/mol. The van der Waals surface area contributed by atoms with Gasteiger partial charge in [0.1, 0.15) is 11.5 Å². The van der Waals surface area contributed by atoms with E-state index in [1.807, 2.05) is 30.3 Å². The van der Waals surface area contributed by atoms with E-state index in [4.69, 9.17) is 24.1 Å². The molecule has 1 unspecified atom stereocenters. The molecule has 0 radical (unpaired) electrons. The van der Waals surface area contributed by atoms with Gasteiger partial charge in [0.15, 0.2) is 6.10 Å². The fraction of sp³-hybridized carbons (Fsp3) is 0.211. The Labute approximate surface area is 156 Å². The Morgan fingerprint density at radius 1 is 1.12 bits per heavy atom. The molecule has 2 aromatic carbocycles. The summed E-state index contributed by atoms with van der Waals surface area (Å²) >= 11 is 1.13. The highest BCUT2D eigenvalue weighted by Gasteiger charge is 2.39. The predicted molar refractivity (Wildman–Crippen MR) is 98.4 cm³/mol. The van der Waals surface area contributed by atoms with E-state index in [2.05, 4.69) is 0 Å². The summed E-state index contributed by atoms with van der Waals surface area (Å²) in [5, 5.41) is 0. The van der Waals surface area contributed by atoms with Crippen molar-refractivity contribution in [3.8, 4) is 11.5 Å². The molecule has 0 fully saturated rings. The van der Waals surface area contributed by atoms with Crippen LogP contribution in [-0.4, -0.2) is 20.0 Å². The van der Waals surface area contributed by atoms with Crippen molar-refractivity contribution in [3.05, 3.63) is 71.3 Å². The number of ether oxygens (including phenoxy) is 3. The maximum atomic E-state index is 12.7. The Morgan fingerprint density at radius 2 is 1.88 bits per heavy atom. The molecule has 2 N–H and O–H groups in total. The summed E-state index contributed by atoms with van der Waals surface area (Å²) in [7, 11) is 3.07. The molecule has 6 nitrogen and oxygen atoms in total. The van der Waals surface area contributed by atoms with E-state index < -0.39 is 6.10 Å². The summed E-state index contributed by atoms with van der Waals surface area (Å²) in [6, 6.07) is 14.9. The minimum Gasteiger partial charge on any atom is -0.497 e. The Kier molecular flexibility index (Phi) is 5.58. The molecule has 0 amide bonds. The highest BCUT2D eigenvalue weighted by molar-refractivity contribution is 7.94. The number of nitrogens with two attached hydrogens (primary N) is 1. The van der Waals surface area contributed by atoms with Gasteiger partial charge in [-0.3, -0.25) is 4.79 Å². The first kappa shape index (κ1) is 18.0. The van der Waals surface area contributed by atoms with E-state index in [-0.39, 0.29) is 17.4 Å². The van der Waals surface area contributed by atoms with Crippen molar-refractivity contribution in [1.82, 2.24) is 0 Å². The maximum Gasteiger partial charge on any atom is 0.249 e. The van der Waals surface area contributed by atoms with Gasteiger partial charge in [-0.2, -0.15) is 0 Å². The molecule has 0 bridgehead atoms. The molecule has 1 aliphatic heterocycles. The van der Waals surface area contributed by atoms with Crippen LogP contribution in [-0.2, 0) is 19.5 Å². The van der Waals surface area contributed by atoms with Crippen LogP contribution in [0.1, 0.15) is 17.2 Å². The van der Waals surface area contributed by atoms with Gasteiger partial charge < -0.3 is 24.1 Å². The van der Waals surface area contributed by atoms with Crippen molar-refractivity contribution in [2.24, 2.45) is 5.73 Å². The van der Waals surface area contributed by atoms with Crippen LogP contribution in [0.25, 0.3) is 0 Å². The highest BCUT2D eigenvalue weighted by Crippen LogP contribution is 2.39. The van der Waals surface area contributed by atoms with Crippen LogP contribution in [0.4, 0.5) is 0 Å². The first-order valence-corrected chi connectivity index (χ1v) is 8.81. The number of hydrogen-bond donors (Lipinski definition) is 1. The molecule has 7 heteroatoms. The second kappa shape index (κ2) is 8.05. The van der Waals surface area contributed by atoms with Crippen LogP contribution >= 0.6 is 12.0 Å². The van der Waals surface area contributed by atoms with Crippen LogP contribution in [0.15, 0.2) is 60.2 Å². The Balaban J connectivity index is 1.71. The van der Waals surface area contributed by atoms with Crippen LogP contribution in [0, 0.1) is 0 Å². The number of carbonyl (C=O) groups excluding carboxylic acids is 1. The van der Waals surface area contributed by atoms with Crippen molar-refractivity contribution in [3.63, 3.8) is 0 Å². The summed E-state index contributed by atoms with van der Waals surface area (Å²) < 4.78 is 21.6. The van der Waals surface area contributed by atoms with Gasteiger partial charge in [0.2, 0.25) is 17.4 Å². The zero-order valence-corrected chi connectivity index (χ0v) is 15.2. The molecule has 1 aliphatic rings. The Morgan fingerprint density at radius 3 is 2.58 bits per heavy atom. The van der Waals surface area contributed by atoms with E-state index in [0.717, 1.165) is 17.6 Å². The van der Waals surface area contributed by atoms with E-state index >= 15 is 0 Å². The van der Waals surface area contributed by atoms with E-state index in [1.54, 1.807) is 25.3 Å². The third kappa shape index (κ3) is 3.72. The van der Waals surface area contributed by atoms with Crippen LogP contribution < -0.4 is 15.2 Å². The monoisotopic (exact) mass is 373 g/mol. The quantitative estimate of drug-likeness (QED) is 0.746. The normalized spacial score (nSPS) is 16.4. The summed E-state index contributed by atoms with van der Waals surface area (Å²) in [5.74, 6) is 1.30. The molecule has 0 saturated heterocycles. The number of ketones is 1. The number of Topliss-reactive ketones (excluding diaryl/α,β-unsaturated/α-hetero) is 1. The molecular formula is C19H19NO5S. The highest BCUT2D eigenvalue weighted by atomic mass is 32.2. The van der Waals surface area contributed by atoms with Gasteiger partial charge >= 0.3 is 0 Å².